The molecule has 0 saturated carbocycles. The van der Waals surface area contributed by atoms with Crippen LogP contribution in [-0.4, -0.2) is 41.8 Å². The van der Waals surface area contributed by atoms with E-state index < -0.39 is 11.9 Å². The van der Waals surface area contributed by atoms with Gasteiger partial charge in [-0.2, -0.15) is 0 Å². The van der Waals surface area contributed by atoms with Crippen molar-refractivity contribution in [3.63, 3.8) is 0 Å². The Kier molecular flexibility index (Phi) is 8.06. The number of carbonyl (C=O) groups excluding carboxylic acids is 3. The fourth-order valence-electron chi connectivity index (χ4n) is 2.83. The molecule has 0 aliphatic carbocycles. The van der Waals surface area contributed by atoms with Crippen LogP contribution in [0, 0.1) is 12.7 Å². The monoisotopic (exact) mass is 414 g/mol. The van der Waals surface area contributed by atoms with Crippen molar-refractivity contribution in [3.8, 4) is 0 Å². The molecule has 2 rings (SSSR count). The summed E-state index contributed by atoms with van der Waals surface area (Å²) in [5.41, 5.74) is 2.08. The first-order valence-electron chi connectivity index (χ1n) is 9.68. The molecule has 3 N–H and O–H groups in total. The van der Waals surface area contributed by atoms with E-state index in [1.807, 2.05) is 6.92 Å². The van der Waals surface area contributed by atoms with Gasteiger partial charge in [0.05, 0.1) is 12.6 Å². The summed E-state index contributed by atoms with van der Waals surface area (Å²) in [5, 5.41) is 8.10. The number of hydrogen-bond acceptors (Lipinski definition) is 4. The maximum atomic E-state index is 13.7. The first-order chi connectivity index (χ1) is 14.2. The first kappa shape index (κ1) is 23.0. The van der Waals surface area contributed by atoms with Crippen LogP contribution in [-0.2, 0) is 14.4 Å². The van der Waals surface area contributed by atoms with Gasteiger partial charge < -0.3 is 16.0 Å². The van der Waals surface area contributed by atoms with Gasteiger partial charge in [0.1, 0.15) is 5.82 Å². The zero-order valence-corrected chi connectivity index (χ0v) is 17.6. The largest absolute Gasteiger partial charge is 0.326 e. The van der Waals surface area contributed by atoms with Gasteiger partial charge in [0.25, 0.3) is 0 Å². The van der Waals surface area contributed by atoms with E-state index in [2.05, 4.69) is 16.0 Å². The van der Waals surface area contributed by atoms with Crippen molar-refractivity contribution >= 4 is 34.8 Å². The van der Waals surface area contributed by atoms with Crippen LogP contribution in [0.5, 0.6) is 0 Å². The molecule has 0 aliphatic rings. The Morgan fingerprint density at radius 2 is 1.53 bits per heavy atom. The van der Waals surface area contributed by atoms with Crippen LogP contribution in [0.15, 0.2) is 42.5 Å². The minimum atomic E-state index is -0.591. The number of rotatable bonds is 8. The highest BCUT2D eigenvalue weighted by molar-refractivity contribution is 5.96. The van der Waals surface area contributed by atoms with Crippen molar-refractivity contribution in [2.24, 2.45) is 0 Å². The van der Waals surface area contributed by atoms with Crippen LogP contribution in [0.2, 0.25) is 0 Å². The number of nitrogens with zero attached hydrogens (tertiary/aromatic N) is 1. The summed E-state index contributed by atoms with van der Waals surface area (Å²) in [6.07, 6.45) is 0. The minimum Gasteiger partial charge on any atom is -0.326 e. The molecule has 2 aromatic carbocycles. The van der Waals surface area contributed by atoms with E-state index in [9.17, 15) is 18.8 Å². The SMILES string of the molecule is CCN(CC(=O)Nc1ccc(NC(C)=O)cc1)C(C)C(=O)Nc1ccc(C)c(F)c1. The summed E-state index contributed by atoms with van der Waals surface area (Å²) in [6.45, 7) is 7.10. The maximum absolute atomic E-state index is 13.7. The summed E-state index contributed by atoms with van der Waals surface area (Å²) in [7, 11) is 0. The first-order valence-corrected chi connectivity index (χ1v) is 9.68. The minimum absolute atomic E-state index is 0.0147. The second-order valence-corrected chi connectivity index (χ2v) is 7.00. The zero-order valence-electron chi connectivity index (χ0n) is 17.6. The second kappa shape index (κ2) is 10.5. The van der Waals surface area contributed by atoms with Crippen molar-refractivity contribution in [1.82, 2.24) is 4.90 Å². The molecular formula is C22H27FN4O3. The van der Waals surface area contributed by atoms with Crippen LogP contribution in [0.3, 0.4) is 0 Å². The Bertz CT molecular complexity index is 915. The number of hydrogen-bond donors (Lipinski definition) is 3. The topological polar surface area (TPSA) is 90.5 Å². The number of amides is 3. The van der Waals surface area contributed by atoms with E-state index in [1.54, 1.807) is 55.1 Å². The van der Waals surface area contributed by atoms with Crippen LogP contribution in [0.1, 0.15) is 26.3 Å². The lowest BCUT2D eigenvalue weighted by Crippen LogP contribution is -2.45. The molecule has 0 heterocycles. The van der Waals surface area contributed by atoms with Gasteiger partial charge in [-0.15, -0.1) is 0 Å². The molecule has 7 nitrogen and oxygen atoms in total. The fourth-order valence-corrected chi connectivity index (χ4v) is 2.83. The Morgan fingerprint density at radius 3 is 2.07 bits per heavy atom. The van der Waals surface area contributed by atoms with Gasteiger partial charge in [-0.1, -0.05) is 13.0 Å². The van der Waals surface area contributed by atoms with Gasteiger partial charge in [-0.3, -0.25) is 19.3 Å². The second-order valence-electron chi connectivity index (χ2n) is 7.00. The number of likely N-dealkylation sites (N-methyl/N-ethyl adjacent to an activating group) is 1. The number of anilines is 3. The molecule has 0 bridgehead atoms. The summed E-state index contributed by atoms with van der Waals surface area (Å²) >= 11 is 0. The summed E-state index contributed by atoms with van der Waals surface area (Å²) in [4.78, 5) is 37.7. The van der Waals surface area contributed by atoms with Gasteiger partial charge >= 0.3 is 0 Å². The standard InChI is InChI=1S/C22H27FN4O3/c1-5-27(15(3)22(30)26-19-7-6-14(2)20(23)12-19)13-21(29)25-18-10-8-17(9-11-18)24-16(4)28/h6-12,15H,5,13H2,1-4H3,(H,24,28)(H,25,29)(H,26,30). The Labute approximate surface area is 175 Å². The summed E-state index contributed by atoms with van der Waals surface area (Å²) < 4.78 is 13.7. The van der Waals surface area contributed by atoms with Crippen LogP contribution in [0.4, 0.5) is 21.5 Å². The van der Waals surface area contributed by atoms with Gasteiger partial charge in [0.2, 0.25) is 17.7 Å². The highest BCUT2D eigenvalue weighted by atomic mass is 19.1. The average Bonchev–Trinajstić information content (AvgIpc) is 2.69. The number of nitrogens with one attached hydrogen (secondary N) is 3. The highest BCUT2D eigenvalue weighted by Gasteiger charge is 2.22. The Morgan fingerprint density at radius 1 is 0.967 bits per heavy atom. The van der Waals surface area contributed by atoms with Crippen molar-refractivity contribution < 1.29 is 18.8 Å². The lowest BCUT2D eigenvalue weighted by molar-refractivity contribution is -0.123. The molecule has 3 amide bonds. The normalized spacial score (nSPS) is 11.7. The predicted octanol–water partition coefficient (Wildman–Crippen LogP) is 3.38. The lowest BCUT2D eigenvalue weighted by Gasteiger charge is -2.26. The molecule has 160 valence electrons. The number of benzene rings is 2. The van der Waals surface area contributed by atoms with E-state index in [-0.39, 0.29) is 24.3 Å². The van der Waals surface area contributed by atoms with Gasteiger partial charge in [0.15, 0.2) is 0 Å². The van der Waals surface area contributed by atoms with E-state index in [0.717, 1.165) is 0 Å². The molecule has 0 fully saturated rings. The highest BCUT2D eigenvalue weighted by Crippen LogP contribution is 2.15. The molecular weight excluding hydrogens is 387 g/mol. The Balaban J connectivity index is 1.93. The molecule has 30 heavy (non-hydrogen) atoms. The summed E-state index contributed by atoms with van der Waals surface area (Å²) in [5.74, 6) is -1.17. The lowest BCUT2D eigenvalue weighted by atomic mass is 10.2. The van der Waals surface area contributed by atoms with Crippen molar-refractivity contribution in [3.05, 3.63) is 53.8 Å². The van der Waals surface area contributed by atoms with Crippen LogP contribution >= 0.6 is 0 Å². The van der Waals surface area contributed by atoms with Gasteiger partial charge in [0, 0.05) is 24.0 Å². The third kappa shape index (κ3) is 6.66. The smallest absolute Gasteiger partial charge is 0.241 e. The number of carbonyl (C=O) groups is 3. The molecule has 2 aromatic rings. The molecule has 0 radical (unpaired) electrons. The molecule has 1 unspecified atom stereocenters. The molecule has 0 spiro atoms. The Hall–Kier alpha value is -3.26. The predicted molar refractivity (Wildman–Crippen MR) is 116 cm³/mol. The fraction of sp³-hybridized carbons (Fsp3) is 0.318. The number of aryl methyl sites for hydroxylation is 1. The van der Waals surface area contributed by atoms with Crippen molar-refractivity contribution in [1.29, 1.82) is 0 Å². The van der Waals surface area contributed by atoms with Crippen molar-refractivity contribution in [2.75, 3.05) is 29.0 Å². The molecule has 1 atom stereocenters. The van der Waals surface area contributed by atoms with Crippen LogP contribution < -0.4 is 16.0 Å². The summed E-state index contributed by atoms with van der Waals surface area (Å²) in [6, 6.07) is 10.6. The molecule has 0 aliphatic heterocycles. The van der Waals surface area contributed by atoms with Gasteiger partial charge in [-0.05, 0) is 62.4 Å². The third-order valence-corrected chi connectivity index (χ3v) is 4.61. The van der Waals surface area contributed by atoms with E-state index in [0.29, 0.717) is 29.2 Å². The van der Waals surface area contributed by atoms with E-state index in [1.165, 1.54) is 13.0 Å². The maximum Gasteiger partial charge on any atom is 0.241 e. The van der Waals surface area contributed by atoms with Crippen LogP contribution in [0.25, 0.3) is 0 Å². The average molecular weight is 414 g/mol. The third-order valence-electron chi connectivity index (χ3n) is 4.61. The van der Waals surface area contributed by atoms with E-state index >= 15 is 0 Å². The van der Waals surface area contributed by atoms with Crippen molar-refractivity contribution in [2.45, 2.75) is 33.7 Å². The molecule has 8 heteroatoms. The number of halogens is 1. The zero-order chi connectivity index (χ0) is 22.3. The molecule has 0 saturated heterocycles. The molecule has 0 aromatic heterocycles. The quantitative estimate of drug-likeness (QED) is 0.618. The van der Waals surface area contributed by atoms with Gasteiger partial charge in [-0.25, -0.2) is 4.39 Å². The van der Waals surface area contributed by atoms with E-state index in [4.69, 9.17) is 0 Å².